The summed E-state index contributed by atoms with van der Waals surface area (Å²) in [5.41, 5.74) is 5.29. The second-order valence-corrected chi connectivity index (χ2v) is 5.90. The summed E-state index contributed by atoms with van der Waals surface area (Å²) in [7, 11) is 0. The van der Waals surface area contributed by atoms with E-state index >= 15 is 0 Å². The summed E-state index contributed by atoms with van der Waals surface area (Å²) in [6, 6.07) is 12.6. The van der Waals surface area contributed by atoms with Crippen LogP contribution in [0.1, 0.15) is 16.8 Å². The number of rotatable bonds is 3. The van der Waals surface area contributed by atoms with Crippen LogP contribution in [0, 0.1) is 0 Å². The van der Waals surface area contributed by atoms with Gasteiger partial charge < -0.3 is 14.4 Å². The van der Waals surface area contributed by atoms with E-state index in [0.717, 1.165) is 30.8 Å². The molecule has 1 aliphatic rings. The Balaban J connectivity index is 1.63. The third-order valence-corrected chi connectivity index (χ3v) is 4.31. The number of benzene rings is 1. The van der Waals surface area contributed by atoms with E-state index in [9.17, 15) is 4.79 Å². The van der Waals surface area contributed by atoms with Crippen LogP contribution in [0.25, 0.3) is 5.65 Å². The number of pyridine rings is 1. The Hall–Kier alpha value is -2.82. The number of imidazole rings is 1. The number of carboxylic acid groups (broad SMARTS) is 1. The second kappa shape index (κ2) is 5.43. The van der Waals surface area contributed by atoms with Gasteiger partial charge in [-0.05, 0) is 29.7 Å². The molecular formula is C18H17N3O2. The van der Waals surface area contributed by atoms with E-state index in [4.69, 9.17) is 5.11 Å². The van der Waals surface area contributed by atoms with Crippen LogP contribution in [0.4, 0.5) is 5.69 Å². The van der Waals surface area contributed by atoms with Crippen LogP contribution in [-0.4, -0.2) is 27.0 Å². The molecule has 0 amide bonds. The summed E-state index contributed by atoms with van der Waals surface area (Å²) in [6.07, 6.45) is 4.82. The number of hydrogen-bond donors (Lipinski definition) is 1. The summed E-state index contributed by atoms with van der Waals surface area (Å²) in [5, 5.41) is 8.89. The Morgan fingerprint density at radius 1 is 1.13 bits per heavy atom. The van der Waals surface area contributed by atoms with Gasteiger partial charge in [0.1, 0.15) is 5.65 Å². The largest absolute Gasteiger partial charge is 0.481 e. The first-order valence-electron chi connectivity index (χ1n) is 7.70. The zero-order valence-electron chi connectivity index (χ0n) is 12.6. The van der Waals surface area contributed by atoms with Crippen molar-refractivity contribution in [3.05, 3.63) is 65.6 Å². The van der Waals surface area contributed by atoms with Crippen molar-refractivity contribution >= 4 is 17.3 Å². The molecule has 1 aromatic carbocycles. The molecule has 3 aromatic rings. The van der Waals surface area contributed by atoms with Crippen molar-refractivity contribution in [2.45, 2.75) is 19.4 Å². The molecule has 5 heteroatoms. The van der Waals surface area contributed by atoms with Crippen molar-refractivity contribution in [1.29, 1.82) is 0 Å². The number of hydrogen-bond acceptors (Lipinski definition) is 3. The molecule has 23 heavy (non-hydrogen) atoms. The van der Waals surface area contributed by atoms with E-state index in [1.165, 1.54) is 11.1 Å². The van der Waals surface area contributed by atoms with Gasteiger partial charge in [0.2, 0.25) is 0 Å². The summed E-state index contributed by atoms with van der Waals surface area (Å²) >= 11 is 0. The molecule has 5 nitrogen and oxygen atoms in total. The number of carboxylic acids is 1. The Labute approximate surface area is 133 Å². The molecule has 3 heterocycles. The molecule has 0 saturated heterocycles. The van der Waals surface area contributed by atoms with Crippen LogP contribution in [0.5, 0.6) is 0 Å². The fourth-order valence-electron chi connectivity index (χ4n) is 3.18. The highest BCUT2D eigenvalue weighted by molar-refractivity contribution is 5.70. The van der Waals surface area contributed by atoms with Gasteiger partial charge in [-0.2, -0.15) is 0 Å². The zero-order valence-corrected chi connectivity index (χ0v) is 12.6. The van der Waals surface area contributed by atoms with Crippen LogP contribution in [0.2, 0.25) is 0 Å². The number of nitrogens with zero attached hydrogens (tertiary/aromatic N) is 3. The number of aromatic nitrogens is 2. The normalized spacial score (nSPS) is 14.0. The van der Waals surface area contributed by atoms with E-state index in [0.29, 0.717) is 5.69 Å². The maximum Gasteiger partial charge on any atom is 0.309 e. The topological polar surface area (TPSA) is 57.8 Å². The Morgan fingerprint density at radius 3 is 2.78 bits per heavy atom. The molecule has 2 aromatic heterocycles. The minimum Gasteiger partial charge on any atom is -0.481 e. The smallest absolute Gasteiger partial charge is 0.309 e. The quantitative estimate of drug-likeness (QED) is 0.808. The molecule has 0 bridgehead atoms. The molecule has 1 aliphatic heterocycles. The SMILES string of the molecule is O=C(O)Cc1cn2cc(N3CCc4ccccc4C3)ccc2n1. The van der Waals surface area contributed by atoms with Crippen molar-refractivity contribution in [2.24, 2.45) is 0 Å². The van der Waals surface area contributed by atoms with E-state index in [2.05, 4.69) is 40.2 Å². The monoisotopic (exact) mass is 307 g/mol. The molecule has 0 radical (unpaired) electrons. The summed E-state index contributed by atoms with van der Waals surface area (Å²) in [5.74, 6) is -0.860. The summed E-state index contributed by atoms with van der Waals surface area (Å²) in [4.78, 5) is 17.5. The van der Waals surface area contributed by atoms with Gasteiger partial charge in [0.25, 0.3) is 0 Å². The van der Waals surface area contributed by atoms with E-state index in [-0.39, 0.29) is 6.42 Å². The Bertz CT molecular complexity index is 885. The van der Waals surface area contributed by atoms with Crippen LogP contribution in [0.15, 0.2) is 48.8 Å². The minimum atomic E-state index is -0.860. The van der Waals surface area contributed by atoms with Gasteiger partial charge in [0.05, 0.1) is 17.8 Å². The average Bonchev–Trinajstić information content (AvgIpc) is 2.94. The average molecular weight is 307 g/mol. The van der Waals surface area contributed by atoms with Crippen molar-refractivity contribution in [2.75, 3.05) is 11.4 Å². The maximum atomic E-state index is 10.8. The summed E-state index contributed by atoms with van der Waals surface area (Å²) in [6.45, 7) is 1.89. The van der Waals surface area contributed by atoms with Gasteiger partial charge in [-0.3, -0.25) is 4.79 Å². The predicted octanol–water partition coefficient (Wildman–Crippen LogP) is 2.52. The van der Waals surface area contributed by atoms with Crippen LogP contribution in [0.3, 0.4) is 0 Å². The van der Waals surface area contributed by atoms with Gasteiger partial charge in [-0.25, -0.2) is 4.98 Å². The molecule has 0 spiro atoms. The number of carbonyl (C=O) groups is 1. The highest BCUT2D eigenvalue weighted by atomic mass is 16.4. The van der Waals surface area contributed by atoms with Gasteiger partial charge in [0.15, 0.2) is 0 Å². The molecule has 116 valence electrons. The molecule has 0 atom stereocenters. The van der Waals surface area contributed by atoms with Crippen molar-refractivity contribution in [1.82, 2.24) is 9.38 Å². The van der Waals surface area contributed by atoms with Crippen LogP contribution >= 0.6 is 0 Å². The maximum absolute atomic E-state index is 10.8. The lowest BCUT2D eigenvalue weighted by molar-refractivity contribution is -0.136. The fourth-order valence-corrected chi connectivity index (χ4v) is 3.18. The first kappa shape index (κ1) is 13.8. The Morgan fingerprint density at radius 2 is 1.96 bits per heavy atom. The highest BCUT2D eigenvalue weighted by Gasteiger charge is 2.16. The van der Waals surface area contributed by atoms with Gasteiger partial charge in [-0.1, -0.05) is 24.3 Å². The molecule has 0 fully saturated rings. The highest BCUT2D eigenvalue weighted by Crippen LogP contribution is 2.24. The van der Waals surface area contributed by atoms with E-state index < -0.39 is 5.97 Å². The van der Waals surface area contributed by atoms with Crippen molar-refractivity contribution in [3.8, 4) is 0 Å². The first-order valence-corrected chi connectivity index (χ1v) is 7.70. The molecule has 0 unspecified atom stereocenters. The van der Waals surface area contributed by atoms with Gasteiger partial charge >= 0.3 is 5.97 Å². The lowest BCUT2D eigenvalue weighted by atomic mass is 10.00. The van der Waals surface area contributed by atoms with Gasteiger partial charge in [0, 0.05) is 25.5 Å². The van der Waals surface area contributed by atoms with Crippen molar-refractivity contribution < 1.29 is 9.90 Å². The summed E-state index contributed by atoms with van der Waals surface area (Å²) < 4.78 is 1.91. The second-order valence-electron chi connectivity index (χ2n) is 5.90. The van der Waals surface area contributed by atoms with Crippen LogP contribution < -0.4 is 4.90 Å². The molecular weight excluding hydrogens is 290 g/mol. The zero-order chi connectivity index (χ0) is 15.8. The molecule has 4 rings (SSSR count). The van der Waals surface area contributed by atoms with E-state index in [1.54, 1.807) is 6.20 Å². The lowest BCUT2D eigenvalue weighted by Crippen LogP contribution is -2.30. The fraction of sp³-hybridized carbons (Fsp3) is 0.222. The van der Waals surface area contributed by atoms with E-state index in [1.807, 2.05) is 16.7 Å². The standard InChI is InChI=1S/C18H17N3O2/c22-18(23)9-15-11-21-12-16(5-6-17(21)19-15)20-8-7-13-3-1-2-4-14(13)10-20/h1-6,11-12H,7-10H2,(H,22,23). The third-order valence-electron chi connectivity index (χ3n) is 4.31. The van der Waals surface area contributed by atoms with Gasteiger partial charge in [-0.15, -0.1) is 0 Å². The van der Waals surface area contributed by atoms with Crippen molar-refractivity contribution in [3.63, 3.8) is 0 Å². The molecule has 1 N–H and O–H groups in total. The number of anilines is 1. The number of aliphatic carboxylic acids is 1. The molecule has 0 aliphatic carbocycles. The lowest BCUT2D eigenvalue weighted by Gasteiger charge is -2.30. The minimum absolute atomic E-state index is 0.0475. The van der Waals surface area contributed by atoms with Crippen LogP contribution in [-0.2, 0) is 24.2 Å². The number of fused-ring (bicyclic) bond motifs is 2. The molecule has 0 saturated carbocycles. The Kier molecular flexibility index (Phi) is 3.26. The first-order chi connectivity index (χ1) is 11.2. The predicted molar refractivity (Wildman–Crippen MR) is 87.7 cm³/mol. The third kappa shape index (κ3) is 2.65.